The Morgan fingerprint density at radius 2 is 2.00 bits per heavy atom. The lowest BCUT2D eigenvalue weighted by Gasteiger charge is -1.96. The van der Waals surface area contributed by atoms with Crippen LogP contribution in [0.2, 0.25) is 0 Å². The van der Waals surface area contributed by atoms with Crippen molar-refractivity contribution < 1.29 is 5.11 Å². The van der Waals surface area contributed by atoms with Crippen LogP contribution in [-0.4, -0.2) is 11.7 Å². The van der Waals surface area contributed by atoms with Crippen LogP contribution in [0.4, 0.5) is 0 Å². The van der Waals surface area contributed by atoms with E-state index in [1.54, 1.807) is 0 Å². The maximum Gasteiger partial charge on any atom is 0.0533 e. The maximum absolute atomic E-state index is 8.91. The van der Waals surface area contributed by atoms with Gasteiger partial charge in [-0.05, 0) is 19.8 Å². The molecule has 1 aliphatic carbocycles. The number of aliphatic hydroxyl groups is 1. The van der Waals surface area contributed by atoms with Crippen molar-refractivity contribution in [1.29, 1.82) is 0 Å². The van der Waals surface area contributed by atoms with Crippen LogP contribution in [0, 0.1) is 5.92 Å². The Morgan fingerprint density at radius 1 is 1.25 bits per heavy atom. The van der Waals surface area contributed by atoms with Crippen LogP contribution in [0.15, 0.2) is 11.1 Å². The van der Waals surface area contributed by atoms with E-state index in [1.165, 1.54) is 43.3 Å². The van der Waals surface area contributed by atoms with Gasteiger partial charge in [0.2, 0.25) is 0 Å². The van der Waals surface area contributed by atoms with Gasteiger partial charge in [0.05, 0.1) is 6.61 Å². The van der Waals surface area contributed by atoms with Crippen molar-refractivity contribution in [3.63, 3.8) is 0 Å². The third kappa shape index (κ3) is 2.34. The Morgan fingerprint density at radius 3 is 2.50 bits per heavy atom. The molecule has 0 fully saturated rings. The van der Waals surface area contributed by atoms with Crippen LogP contribution in [0.3, 0.4) is 0 Å². The molecule has 1 rings (SSSR count). The number of aliphatic hydroxyl groups excluding tert-OH is 1. The largest absolute Gasteiger partial charge is 0.395 e. The first-order valence-corrected chi connectivity index (χ1v) is 5.11. The Bertz CT molecular complexity index is 170. The van der Waals surface area contributed by atoms with E-state index in [9.17, 15) is 0 Å². The van der Waals surface area contributed by atoms with E-state index in [4.69, 9.17) is 5.11 Å². The van der Waals surface area contributed by atoms with Crippen molar-refractivity contribution in [2.75, 3.05) is 6.61 Å². The molecule has 0 aromatic carbocycles. The summed E-state index contributed by atoms with van der Waals surface area (Å²) in [5, 5.41) is 8.91. The van der Waals surface area contributed by atoms with Gasteiger partial charge in [0.25, 0.3) is 0 Å². The van der Waals surface area contributed by atoms with Gasteiger partial charge < -0.3 is 5.11 Å². The van der Waals surface area contributed by atoms with Gasteiger partial charge in [-0.25, -0.2) is 0 Å². The van der Waals surface area contributed by atoms with E-state index >= 15 is 0 Å². The molecule has 0 aromatic rings. The fraction of sp³-hybridized carbons (Fsp3) is 0.818. The molecule has 0 amide bonds. The second-order valence-corrected chi connectivity index (χ2v) is 3.75. The van der Waals surface area contributed by atoms with Crippen molar-refractivity contribution in [3.05, 3.63) is 11.1 Å². The Hall–Kier alpha value is -0.300. The van der Waals surface area contributed by atoms with Crippen LogP contribution in [0.1, 0.15) is 46.0 Å². The number of hydrogen-bond donors (Lipinski definition) is 1. The minimum atomic E-state index is 0.342. The van der Waals surface area contributed by atoms with E-state index in [-0.39, 0.29) is 0 Å². The lowest BCUT2D eigenvalue weighted by Crippen LogP contribution is -1.89. The molecule has 1 unspecified atom stereocenters. The first-order valence-electron chi connectivity index (χ1n) is 5.11. The van der Waals surface area contributed by atoms with E-state index in [0.717, 1.165) is 0 Å². The normalized spacial score (nSPS) is 21.8. The smallest absolute Gasteiger partial charge is 0.0533 e. The molecule has 1 N–H and O–H groups in total. The molecule has 1 atom stereocenters. The quantitative estimate of drug-likeness (QED) is 0.477. The number of hydrogen-bond acceptors (Lipinski definition) is 1. The maximum atomic E-state index is 8.91. The number of rotatable bonds is 6. The van der Waals surface area contributed by atoms with Crippen molar-refractivity contribution in [2.45, 2.75) is 46.0 Å². The number of unbranched alkanes of at least 4 members (excludes halogenated alkanes) is 3. The van der Waals surface area contributed by atoms with Gasteiger partial charge >= 0.3 is 0 Å². The SMILES string of the molecule is CCCCCCC1=C(C)C1CO. The summed E-state index contributed by atoms with van der Waals surface area (Å²) in [6.45, 7) is 4.73. The zero-order valence-corrected chi connectivity index (χ0v) is 8.27. The monoisotopic (exact) mass is 168 g/mol. The summed E-state index contributed by atoms with van der Waals surface area (Å²) >= 11 is 0. The van der Waals surface area contributed by atoms with Crippen molar-refractivity contribution in [1.82, 2.24) is 0 Å². The Kier molecular flexibility index (Phi) is 3.80. The molecular formula is C11H20O. The lowest BCUT2D eigenvalue weighted by molar-refractivity contribution is 0.279. The molecule has 0 heterocycles. The molecule has 0 radical (unpaired) electrons. The highest BCUT2D eigenvalue weighted by molar-refractivity contribution is 5.39. The molecule has 0 spiro atoms. The zero-order chi connectivity index (χ0) is 8.97. The third-order valence-electron chi connectivity index (χ3n) is 2.85. The Balaban J connectivity index is 2.02. The molecule has 0 aromatic heterocycles. The topological polar surface area (TPSA) is 20.2 Å². The summed E-state index contributed by atoms with van der Waals surface area (Å²) in [5.74, 6) is 0.478. The average molecular weight is 168 g/mol. The van der Waals surface area contributed by atoms with Gasteiger partial charge in [0, 0.05) is 5.92 Å². The predicted molar refractivity (Wildman–Crippen MR) is 52.0 cm³/mol. The first-order chi connectivity index (χ1) is 5.81. The zero-order valence-electron chi connectivity index (χ0n) is 8.27. The molecule has 0 bridgehead atoms. The standard InChI is InChI=1S/C11H20O/c1-3-4-5-6-7-10-9(2)11(10)8-12/h11-12H,3-8H2,1-2H3. The van der Waals surface area contributed by atoms with Crippen LogP contribution < -0.4 is 0 Å². The summed E-state index contributed by atoms with van der Waals surface area (Å²) in [7, 11) is 0. The first kappa shape index (κ1) is 9.79. The lowest BCUT2D eigenvalue weighted by atomic mass is 10.1. The highest BCUT2D eigenvalue weighted by atomic mass is 16.3. The second-order valence-electron chi connectivity index (χ2n) is 3.75. The van der Waals surface area contributed by atoms with Crippen molar-refractivity contribution in [2.24, 2.45) is 5.92 Å². The minimum absolute atomic E-state index is 0.342. The van der Waals surface area contributed by atoms with Crippen molar-refractivity contribution in [3.8, 4) is 0 Å². The summed E-state index contributed by atoms with van der Waals surface area (Å²) in [4.78, 5) is 0. The molecule has 1 aliphatic rings. The van der Waals surface area contributed by atoms with Crippen LogP contribution in [0.25, 0.3) is 0 Å². The summed E-state index contributed by atoms with van der Waals surface area (Å²) in [6, 6.07) is 0. The molecule has 0 saturated heterocycles. The average Bonchev–Trinajstić information content (AvgIpc) is 2.70. The van der Waals surface area contributed by atoms with Crippen LogP contribution in [0.5, 0.6) is 0 Å². The molecule has 1 heteroatoms. The summed E-state index contributed by atoms with van der Waals surface area (Å²) in [5.41, 5.74) is 2.99. The minimum Gasteiger partial charge on any atom is -0.395 e. The van der Waals surface area contributed by atoms with E-state index in [0.29, 0.717) is 12.5 Å². The summed E-state index contributed by atoms with van der Waals surface area (Å²) < 4.78 is 0. The van der Waals surface area contributed by atoms with Gasteiger partial charge in [0.15, 0.2) is 0 Å². The second kappa shape index (κ2) is 4.66. The van der Waals surface area contributed by atoms with Gasteiger partial charge in [-0.2, -0.15) is 0 Å². The van der Waals surface area contributed by atoms with E-state index in [1.807, 2.05) is 0 Å². The Labute approximate surface area is 75.5 Å². The molecule has 12 heavy (non-hydrogen) atoms. The third-order valence-corrected chi connectivity index (χ3v) is 2.85. The summed E-state index contributed by atoms with van der Waals surface area (Å²) in [6.07, 6.45) is 6.57. The molecular weight excluding hydrogens is 148 g/mol. The molecule has 1 nitrogen and oxygen atoms in total. The highest BCUT2D eigenvalue weighted by Gasteiger charge is 2.30. The van der Waals surface area contributed by atoms with Crippen molar-refractivity contribution >= 4 is 0 Å². The van der Waals surface area contributed by atoms with Gasteiger partial charge in [-0.15, -0.1) is 0 Å². The molecule has 0 saturated carbocycles. The predicted octanol–water partition coefficient (Wildman–Crippen LogP) is 2.90. The van der Waals surface area contributed by atoms with Gasteiger partial charge in [-0.3, -0.25) is 0 Å². The fourth-order valence-corrected chi connectivity index (χ4v) is 1.82. The fourth-order valence-electron chi connectivity index (χ4n) is 1.82. The molecule has 70 valence electrons. The molecule has 0 aliphatic heterocycles. The van der Waals surface area contributed by atoms with Gasteiger partial charge in [0.1, 0.15) is 0 Å². The van der Waals surface area contributed by atoms with E-state index < -0.39 is 0 Å². The van der Waals surface area contributed by atoms with E-state index in [2.05, 4.69) is 13.8 Å². The van der Waals surface area contributed by atoms with Gasteiger partial charge in [-0.1, -0.05) is 37.3 Å². The van der Waals surface area contributed by atoms with Crippen LogP contribution >= 0.6 is 0 Å². The highest BCUT2D eigenvalue weighted by Crippen LogP contribution is 2.41. The van der Waals surface area contributed by atoms with Crippen LogP contribution in [-0.2, 0) is 0 Å².